The molecule has 0 atom stereocenters. The Balaban J connectivity index is 1.55. The van der Waals surface area contributed by atoms with E-state index in [-0.39, 0.29) is 12.3 Å². The summed E-state index contributed by atoms with van der Waals surface area (Å²) in [6.07, 6.45) is 1.78. The van der Waals surface area contributed by atoms with Crippen LogP contribution in [0.4, 0.5) is 5.69 Å². The van der Waals surface area contributed by atoms with Crippen LogP contribution in [0.25, 0.3) is 21.5 Å². The molecular formula is C20H18N4OS. The van der Waals surface area contributed by atoms with E-state index < -0.39 is 0 Å². The fourth-order valence-electron chi connectivity index (χ4n) is 2.93. The maximum Gasteiger partial charge on any atom is 0.183 e. The maximum absolute atomic E-state index is 12.7. The summed E-state index contributed by atoms with van der Waals surface area (Å²) in [6.45, 7) is 4.14. The first-order valence-corrected chi connectivity index (χ1v) is 9.13. The molecule has 26 heavy (non-hydrogen) atoms. The van der Waals surface area contributed by atoms with Gasteiger partial charge in [0.25, 0.3) is 0 Å². The molecule has 4 aromatic rings. The number of aromatic amines is 1. The molecule has 0 aliphatic rings. The van der Waals surface area contributed by atoms with E-state index in [0.717, 1.165) is 38.5 Å². The highest BCUT2D eigenvalue weighted by Gasteiger charge is 2.13. The molecule has 0 spiro atoms. The summed E-state index contributed by atoms with van der Waals surface area (Å²) >= 11 is 1.38. The monoisotopic (exact) mass is 362 g/mol. The van der Waals surface area contributed by atoms with Crippen molar-refractivity contribution in [1.29, 1.82) is 0 Å². The molecule has 2 heterocycles. The van der Waals surface area contributed by atoms with Crippen LogP contribution < -0.4 is 5.32 Å². The summed E-state index contributed by atoms with van der Waals surface area (Å²) in [4.78, 5) is 20.2. The number of ketones is 1. The fourth-order valence-corrected chi connectivity index (χ4v) is 3.60. The van der Waals surface area contributed by atoms with Crippen LogP contribution in [0.15, 0.2) is 48.7 Å². The van der Waals surface area contributed by atoms with Gasteiger partial charge in [-0.05, 0) is 43.1 Å². The number of benzene rings is 2. The third-order valence-electron chi connectivity index (χ3n) is 4.34. The van der Waals surface area contributed by atoms with Crippen LogP contribution in [0.2, 0.25) is 0 Å². The summed E-state index contributed by atoms with van der Waals surface area (Å²) in [5.41, 5.74) is 4.70. The number of hydrogen-bond donors (Lipinski definition) is 2. The number of para-hydroxylation sites is 1. The average molecular weight is 362 g/mol. The quantitative estimate of drug-likeness (QED) is 0.509. The predicted octanol–water partition coefficient (Wildman–Crippen LogP) is 4.60. The smallest absolute Gasteiger partial charge is 0.183 e. The summed E-state index contributed by atoms with van der Waals surface area (Å²) in [5.74, 6) is 0.827. The molecule has 0 unspecified atom stereocenters. The highest BCUT2D eigenvalue weighted by Crippen LogP contribution is 2.27. The number of carbonyl (C=O) groups is 1. The summed E-state index contributed by atoms with van der Waals surface area (Å²) < 4.78 is 4.23. The van der Waals surface area contributed by atoms with Gasteiger partial charge in [-0.1, -0.05) is 30.3 Å². The van der Waals surface area contributed by atoms with Crippen molar-refractivity contribution in [2.45, 2.75) is 13.8 Å². The van der Waals surface area contributed by atoms with Gasteiger partial charge in [-0.3, -0.25) is 4.79 Å². The molecule has 0 aliphatic heterocycles. The van der Waals surface area contributed by atoms with E-state index in [4.69, 9.17) is 0 Å². The Labute approximate surface area is 155 Å². The largest absolute Gasteiger partial charge is 0.377 e. The molecule has 5 nitrogen and oxygen atoms in total. The first kappa shape index (κ1) is 16.5. The van der Waals surface area contributed by atoms with Crippen molar-refractivity contribution in [3.8, 4) is 10.6 Å². The van der Waals surface area contributed by atoms with Gasteiger partial charge in [0.05, 0.1) is 6.54 Å². The molecule has 2 aromatic heterocycles. The number of anilines is 1. The average Bonchev–Trinajstić information content (AvgIpc) is 3.27. The normalized spacial score (nSPS) is 11.0. The van der Waals surface area contributed by atoms with Crippen molar-refractivity contribution in [3.05, 3.63) is 65.6 Å². The van der Waals surface area contributed by atoms with Gasteiger partial charge >= 0.3 is 0 Å². The molecule has 0 radical (unpaired) electrons. The van der Waals surface area contributed by atoms with E-state index in [1.807, 2.05) is 56.3 Å². The Hall–Kier alpha value is -2.99. The third-order valence-corrected chi connectivity index (χ3v) is 5.20. The summed E-state index contributed by atoms with van der Waals surface area (Å²) in [5, 5.41) is 5.11. The zero-order valence-electron chi connectivity index (χ0n) is 14.5. The second-order valence-corrected chi connectivity index (χ2v) is 6.95. The Morgan fingerprint density at radius 1 is 1.19 bits per heavy atom. The topological polar surface area (TPSA) is 70.7 Å². The van der Waals surface area contributed by atoms with E-state index in [9.17, 15) is 4.79 Å². The van der Waals surface area contributed by atoms with Crippen molar-refractivity contribution in [2.75, 3.05) is 11.9 Å². The van der Waals surface area contributed by atoms with Gasteiger partial charge in [0.2, 0.25) is 0 Å². The number of hydrogen-bond acceptors (Lipinski definition) is 5. The van der Waals surface area contributed by atoms with Crippen LogP contribution in [0, 0.1) is 13.8 Å². The molecule has 130 valence electrons. The van der Waals surface area contributed by atoms with Gasteiger partial charge in [-0.25, -0.2) is 4.98 Å². The van der Waals surface area contributed by atoms with Crippen molar-refractivity contribution in [3.63, 3.8) is 0 Å². The van der Waals surface area contributed by atoms with E-state index in [1.54, 1.807) is 6.20 Å². The number of aryl methyl sites for hydroxylation is 2. The van der Waals surface area contributed by atoms with Crippen molar-refractivity contribution >= 4 is 33.9 Å². The molecule has 0 aliphatic carbocycles. The van der Waals surface area contributed by atoms with Crippen molar-refractivity contribution in [1.82, 2.24) is 14.3 Å². The number of H-pyrrole nitrogens is 1. The van der Waals surface area contributed by atoms with Gasteiger partial charge in [-0.15, -0.1) is 0 Å². The highest BCUT2D eigenvalue weighted by atomic mass is 32.1. The number of aromatic nitrogens is 3. The first-order valence-electron chi connectivity index (χ1n) is 8.36. The van der Waals surface area contributed by atoms with Gasteiger partial charge in [-0.2, -0.15) is 4.37 Å². The van der Waals surface area contributed by atoms with E-state index >= 15 is 0 Å². The van der Waals surface area contributed by atoms with E-state index in [0.29, 0.717) is 5.56 Å². The molecule has 2 N–H and O–H groups in total. The first-order chi connectivity index (χ1) is 12.6. The summed E-state index contributed by atoms with van der Waals surface area (Å²) in [7, 11) is 0. The van der Waals surface area contributed by atoms with E-state index in [1.165, 1.54) is 11.5 Å². The van der Waals surface area contributed by atoms with Crippen LogP contribution in [-0.2, 0) is 0 Å². The number of Topliss-reactive ketones (excluding diaryl/α,β-unsaturated/α-hetero) is 1. The summed E-state index contributed by atoms with van der Waals surface area (Å²) in [6, 6.07) is 13.9. The molecule has 0 saturated carbocycles. The lowest BCUT2D eigenvalue weighted by atomic mass is 10.1. The van der Waals surface area contributed by atoms with Gasteiger partial charge < -0.3 is 10.3 Å². The number of nitrogens with zero attached hydrogens (tertiary/aromatic N) is 2. The van der Waals surface area contributed by atoms with Crippen LogP contribution in [0.3, 0.4) is 0 Å². The Morgan fingerprint density at radius 3 is 2.85 bits per heavy atom. The van der Waals surface area contributed by atoms with Gasteiger partial charge in [0, 0.05) is 33.9 Å². The van der Waals surface area contributed by atoms with Crippen molar-refractivity contribution in [2.24, 2.45) is 0 Å². The number of carbonyl (C=O) groups excluding carboxylic acids is 1. The minimum Gasteiger partial charge on any atom is -0.377 e. The standard InChI is InChI=1S/C20H18N4OS/c1-12-7-8-14(20-23-13(2)24-26-20)9-18(12)22-11-19(25)16-10-21-17-6-4-3-5-15(16)17/h3-10,21-22H,11H2,1-2H3. The zero-order chi connectivity index (χ0) is 18.1. The number of nitrogens with one attached hydrogen (secondary N) is 2. The van der Waals surface area contributed by atoms with Crippen LogP contribution >= 0.6 is 11.5 Å². The second-order valence-electron chi connectivity index (χ2n) is 6.20. The highest BCUT2D eigenvalue weighted by molar-refractivity contribution is 7.09. The molecule has 0 saturated heterocycles. The molecule has 6 heteroatoms. The lowest BCUT2D eigenvalue weighted by molar-refractivity contribution is 0.101. The Morgan fingerprint density at radius 2 is 2.04 bits per heavy atom. The SMILES string of the molecule is Cc1nsc(-c2ccc(C)c(NCC(=O)c3c[nH]c4ccccc34)c2)n1. The van der Waals surface area contributed by atoms with Crippen LogP contribution in [0.1, 0.15) is 21.7 Å². The third kappa shape index (κ3) is 3.11. The Bertz CT molecular complexity index is 1100. The predicted molar refractivity (Wildman–Crippen MR) is 106 cm³/mol. The lowest BCUT2D eigenvalue weighted by Gasteiger charge is -2.10. The number of fused-ring (bicyclic) bond motifs is 1. The molecule has 2 aromatic carbocycles. The Kier molecular flexibility index (Phi) is 4.26. The van der Waals surface area contributed by atoms with Crippen LogP contribution in [-0.4, -0.2) is 26.7 Å². The lowest BCUT2D eigenvalue weighted by Crippen LogP contribution is -2.14. The zero-order valence-corrected chi connectivity index (χ0v) is 15.4. The minimum absolute atomic E-state index is 0.0546. The molecule has 0 bridgehead atoms. The maximum atomic E-state index is 12.7. The van der Waals surface area contributed by atoms with Gasteiger partial charge in [0.15, 0.2) is 5.78 Å². The molecule has 4 rings (SSSR count). The minimum atomic E-state index is 0.0546. The molecule has 0 amide bonds. The molecular weight excluding hydrogens is 344 g/mol. The second kappa shape index (κ2) is 6.72. The fraction of sp³-hybridized carbons (Fsp3) is 0.150. The van der Waals surface area contributed by atoms with Crippen molar-refractivity contribution < 1.29 is 4.79 Å². The number of rotatable bonds is 5. The molecule has 0 fully saturated rings. The van der Waals surface area contributed by atoms with Crippen LogP contribution in [0.5, 0.6) is 0 Å². The van der Waals surface area contributed by atoms with Gasteiger partial charge in [0.1, 0.15) is 10.8 Å². The van der Waals surface area contributed by atoms with E-state index in [2.05, 4.69) is 19.7 Å².